The van der Waals surface area contributed by atoms with Crippen molar-refractivity contribution in [1.82, 2.24) is 24.8 Å². The molecule has 0 fully saturated rings. The third-order valence-corrected chi connectivity index (χ3v) is 4.73. The molecule has 2 heterocycles. The number of hydrogen-bond donors (Lipinski definition) is 4. The molecule has 0 radical (unpaired) electrons. The van der Waals surface area contributed by atoms with Crippen LogP contribution in [0.3, 0.4) is 0 Å². The summed E-state index contributed by atoms with van der Waals surface area (Å²) < 4.78 is 1.49. The van der Waals surface area contributed by atoms with Crippen LogP contribution in [-0.2, 0) is 17.8 Å². The Labute approximate surface area is 161 Å². The Morgan fingerprint density at radius 2 is 2.11 bits per heavy atom. The number of aromatic nitrogens is 4. The van der Waals surface area contributed by atoms with Crippen LogP contribution >= 0.6 is 0 Å². The van der Waals surface area contributed by atoms with Gasteiger partial charge in [0.1, 0.15) is 12.3 Å². The van der Waals surface area contributed by atoms with Gasteiger partial charge < -0.3 is 20.7 Å². The van der Waals surface area contributed by atoms with Gasteiger partial charge in [-0.25, -0.2) is 4.98 Å². The number of phenols is 1. The molecule has 0 saturated heterocycles. The van der Waals surface area contributed by atoms with Crippen molar-refractivity contribution >= 4 is 23.0 Å². The SMILES string of the molecule is Cc1cc(O)cc(CC(C)C(C)NC(=O)Cn2cnc3c(=O)[nH]c(N)nc32)c1. The van der Waals surface area contributed by atoms with Crippen LogP contribution in [0.1, 0.15) is 25.0 Å². The maximum atomic E-state index is 12.5. The highest BCUT2D eigenvalue weighted by atomic mass is 16.3. The van der Waals surface area contributed by atoms with Crippen LogP contribution in [0, 0.1) is 12.8 Å². The third-order valence-electron chi connectivity index (χ3n) is 4.73. The summed E-state index contributed by atoms with van der Waals surface area (Å²) in [4.78, 5) is 34.7. The van der Waals surface area contributed by atoms with E-state index >= 15 is 0 Å². The lowest BCUT2D eigenvalue weighted by atomic mass is 9.94. The van der Waals surface area contributed by atoms with Crippen LogP contribution in [0.2, 0.25) is 0 Å². The van der Waals surface area contributed by atoms with Crippen LogP contribution in [0.5, 0.6) is 5.75 Å². The number of rotatable bonds is 6. The van der Waals surface area contributed by atoms with Crippen LogP contribution in [0.25, 0.3) is 11.2 Å². The molecule has 5 N–H and O–H groups in total. The lowest BCUT2D eigenvalue weighted by Gasteiger charge is -2.22. The van der Waals surface area contributed by atoms with Crippen molar-refractivity contribution in [3.8, 4) is 5.75 Å². The smallest absolute Gasteiger partial charge is 0.280 e. The largest absolute Gasteiger partial charge is 0.508 e. The molecule has 1 amide bonds. The molecule has 0 aliphatic heterocycles. The number of carbonyl (C=O) groups excluding carboxylic acids is 1. The normalized spacial score (nSPS) is 13.4. The summed E-state index contributed by atoms with van der Waals surface area (Å²) in [6, 6.07) is 5.38. The van der Waals surface area contributed by atoms with Crippen molar-refractivity contribution in [3.63, 3.8) is 0 Å². The molecule has 9 nitrogen and oxygen atoms in total. The fourth-order valence-corrected chi connectivity index (χ4v) is 3.19. The van der Waals surface area contributed by atoms with E-state index in [-0.39, 0.29) is 47.3 Å². The predicted molar refractivity (Wildman–Crippen MR) is 106 cm³/mol. The fraction of sp³-hybridized carbons (Fsp3) is 0.368. The predicted octanol–water partition coefficient (Wildman–Crippen LogP) is 1.10. The first-order valence-electron chi connectivity index (χ1n) is 9.02. The zero-order valence-corrected chi connectivity index (χ0v) is 16.1. The van der Waals surface area contributed by atoms with E-state index in [1.807, 2.05) is 26.8 Å². The Morgan fingerprint density at radius 1 is 1.36 bits per heavy atom. The van der Waals surface area contributed by atoms with Crippen LogP contribution in [-0.4, -0.2) is 36.6 Å². The van der Waals surface area contributed by atoms with E-state index in [1.54, 1.807) is 12.1 Å². The summed E-state index contributed by atoms with van der Waals surface area (Å²) in [5, 5.41) is 12.7. The number of nitrogens with zero attached hydrogens (tertiary/aromatic N) is 3. The second kappa shape index (κ2) is 7.71. The molecule has 148 valence electrons. The van der Waals surface area contributed by atoms with Gasteiger partial charge in [0.25, 0.3) is 5.56 Å². The zero-order chi connectivity index (χ0) is 20.4. The van der Waals surface area contributed by atoms with Gasteiger partial charge in [-0.15, -0.1) is 0 Å². The number of aromatic hydroxyl groups is 1. The summed E-state index contributed by atoms with van der Waals surface area (Å²) in [5.74, 6) is 0.156. The Hall–Kier alpha value is -3.36. The number of nitrogens with two attached hydrogens (primary N) is 1. The Kier molecular flexibility index (Phi) is 5.34. The molecular weight excluding hydrogens is 360 g/mol. The highest BCUT2D eigenvalue weighted by Crippen LogP contribution is 2.19. The van der Waals surface area contributed by atoms with Gasteiger partial charge in [0.05, 0.1) is 6.33 Å². The van der Waals surface area contributed by atoms with Gasteiger partial charge in [0.2, 0.25) is 11.9 Å². The highest BCUT2D eigenvalue weighted by molar-refractivity contribution is 5.79. The number of phenolic OH excluding ortho intramolecular Hbond substituents is 1. The molecule has 0 aliphatic carbocycles. The summed E-state index contributed by atoms with van der Waals surface area (Å²) in [5.41, 5.74) is 7.56. The van der Waals surface area contributed by atoms with E-state index in [0.29, 0.717) is 0 Å². The van der Waals surface area contributed by atoms with Crippen molar-refractivity contribution in [2.75, 3.05) is 5.73 Å². The number of carbonyl (C=O) groups is 1. The van der Waals surface area contributed by atoms with E-state index < -0.39 is 5.56 Å². The lowest BCUT2D eigenvalue weighted by Crippen LogP contribution is -2.39. The number of nitrogens with one attached hydrogen (secondary N) is 2. The minimum atomic E-state index is -0.440. The lowest BCUT2D eigenvalue weighted by molar-refractivity contribution is -0.122. The average molecular weight is 384 g/mol. The summed E-state index contributed by atoms with van der Waals surface area (Å²) in [6.07, 6.45) is 2.12. The van der Waals surface area contributed by atoms with Gasteiger partial charge in [-0.05, 0) is 49.4 Å². The number of amides is 1. The number of hydrogen-bond acceptors (Lipinski definition) is 6. The summed E-state index contributed by atoms with van der Waals surface area (Å²) >= 11 is 0. The molecule has 2 aromatic heterocycles. The summed E-state index contributed by atoms with van der Waals surface area (Å²) in [6.45, 7) is 5.89. The molecule has 2 atom stereocenters. The number of anilines is 1. The van der Waals surface area contributed by atoms with Crippen molar-refractivity contribution in [1.29, 1.82) is 0 Å². The number of aromatic amines is 1. The molecule has 3 aromatic rings. The van der Waals surface area contributed by atoms with Gasteiger partial charge in [0, 0.05) is 6.04 Å². The van der Waals surface area contributed by atoms with E-state index in [4.69, 9.17) is 5.73 Å². The van der Waals surface area contributed by atoms with Crippen molar-refractivity contribution in [3.05, 3.63) is 46.0 Å². The quantitative estimate of drug-likeness (QED) is 0.502. The molecule has 3 rings (SSSR count). The number of aryl methyl sites for hydroxylation is 1. The third kappa shape index (κ3) is 4.30. The topological polar surface area (TPSA) is 139 Å². The Balaban J connectivity index is 1.65. The second-order valence-corrected chi connectivity index (χ2v) is 7.21. The van der Waals surface area contributed by atoms with E-state index in [1.165, 1.54) is 10.9 Å². The fourth-order valence-electron chi connectivity index (χ4n) is 3.19. The molecule has 0 bridgehead atoms. The van der Waals surface area contributed by atoms with Crippen molar-refractivity contribution in [2.45, 2.75) is 39.8 Å². The van der Waals surface area contributed by atoms with Crippen LogP contribution in [0.15, 0.2) is 29.3 Å². The maximum absolute atomic E-state index is 12.5. The molecule has 1 aromatic carbocycles. The van der Waals surface area contributed by atoms with Crippen molar-refractivity contribution in [2.24, 2.45) is 5.92 Å². The number of fused-ring (bicyclic) bond motifs is 1. The Bertz CT molecular complexity index is 1050. The molecule has 0 saturated carbocycles. The van der Waals surface area contributed by atoms with Gasteiger partial charge in [0.15, 0.2) is 11.2 Å². The van der Waals surface area contributed by atoms with Gasteiger partial charge in [-0.2, -0.15) is 4.98 Å². The first-order valence-corrected chi connectivity index (χ1v) is 9.02. The number of imidazole rings is 1. The Morgan fingerprint density at radius 3 is 2.82 bits per heavy atom. The van der Waals surface area contributed by atoms with Gasteiger partial charge in [-0.1, -0.05) is 13.0 Å². The average Bonchev–Trinajstić information content (AvgIpc) is 2.96. The standard InChI is InChI=1S/C19H24N6O3/c1-10-4-13(7-14(26)5-10)6-11(2)12(3)22-15(27)8-25-9-21-16-17(25)23-19(20)24-18(16)28/h4-5,7,9,11-12,26H,6,8H2,1-3H3,(H,22,27)(H3,20,23,24,28). The molecule has 28 heavy (non-hydrogen) atoms. The molecule has 9 heteroatoms. The second-order valence-electron chi connectivity index (χ2n) is 7.21. The molecule has 2 unspecified atom stereocenters. The van der Waals surface area contributed by atoms with E-state index in [0.717, 1.165) is 17.5 Å². The van der Waals surface area contributed by atoms with Crippen LogP contribution < -0.4 is 16.6 Å². The van der Waals surface area contributed by atoms with Crippen LogP contribution in [0.4, 0.5) is 5.95 Å². The number of benzene rings is 1. The van der Waals surface area contributed by atoms with Gasteiger partial charge >= 0.3 is 0 Å². The monoisotopic (exact) mass is 384 g/mol. The molecule has 0 aliphatic rings. The van der Waals surface area contributed by atoms with E-state index in [9.17, 15) is 14.7 Å². The first-order chi connectivity index (χ1) is 13.2. The molecule has 0 spiro atoms. The highest BCUT2D eigenvalue weighted by Gasteiger charge is 2.17. The zero-order valence-electron chi connectivity index (χ0n) is 16.1. The minimum absolute atomic E-state index is 0.0192. The van der Waals surface area contributed by atoms with Gasteiger partial charge in [-0.3, -0.25) is 14.6 Å². The number of H-pyrrole nitrogens is 1. The summed E-state index contributed by atoms with van der Waals surface area (Å²) in [7, 11) is 0. The molecular formula is C19H24N6O3. The van der Waals surface area contributed by atoms with E-state index in [2.05, 4.69) is 20.3 Å². The minimum Gasteiger partial charge on any atom is -0.508 e. The number of nitrogen functional groups attached to an aromatic ring is 1. The van der Waals surface area contributed by atoms with Crippen molar-refractivity contribution < 1.29 is 9.90 Å². The maximum Gasteiger partial charge on any atom is 0.280 e. The first kappa shape index (κ1) is 19.4.